The number of carbonyl (C=O) groups is 1. The fraction of sp³-hybridized carbons (Fsp3) is 0.444. The summed E-state index contributed by atoms with van der Waals surface area (Å²) in [7, 11) is 0. The normalized spacial score (nSPS) is 15.8. The zero-order valence-electron chi connectivity index (χ0n) is 13.6. The van der Waals surface area contributed by atoms with Crippen molar-refractivity contribution in [1.82, 2.24) is 15.0 Å². The largest absolute Gasteiger partial charge is 0.361 e. The molecule has 2 aromatic rings. The molecule has 0 atom stereocenters. The van der Waals surface area contributed by atoms with Crippen molar-refractivity contribution in [3.63, 3.8) is 0 Å². The first-order valence-corrected chi connectivity index (χ1v) is 8.17. The van der Waals surface area contributed by atoms with Gasteiger partial charge >= 0.3 is 0 Å². The Morgan fingerprint density at radius 1 is 1.17 bits per heavy atom. The van der Waals surface area contributed by atoms with Crippen LogP contribution in [0.3, 0.4) is 0 Å². The molecule has 0 N–H and O–H groups in total. The van der Waals surface area contributed by atoms with Gasteiger partial charge in [-0.15, -0.1) is 0 Å². The Labute approximate surface area is 136 Å². The van der Waals surface area contributed by atoms with E-state index in [0.717, 1.165) is 50.6 Å². The van der Waals surface area contributed by atoms with E-state index < -0.39 is 0 Å². The van der Waals surface area contributed by atoms with Crippen molar-refractivity contribution in [2.75, 3.05) is 26.2 Å². The lowest BCUT2D eigenvalue weighted by molar-refractivity contribution is -0.133. The maximum absolute atomic E-state index is 12.3. The highest BCUT2D eigenvalue weighted by Crippen LogP contribution is 2.11. The molecule has 1 aromatic carbocycles. The van der Waals surface area contributed by atoms with E-state index in [4.69, 9.17) is 4.52 Å². The van der Waals surface area contributed by atoms with E-state index in [1.54, 1.807) is 0 Å². The van der Waals surface area contributed by atoms with E-state index in [0.29, 0.717) is 6.42 Å². The molecule has 23 heavy (non-hydrogen) atoms. The number of rotatable bonds is 5. The molecule has 1 saturated heterocycles. The van der Waals surface area contributed by atoms with Crippen LogP contribution in [0, 0.1) is 6.92 Å². The molecule has 1 aliphatic heterocycles. The second-order valence-electron chi connectivity index (χ2n) is 6.07. The van der Waals surface area contributed by atoms with Crippen LogP contribution in [0.5, 0.6) is 0 Å². The first kappa shape index (κ1) is 15.7. The zero-order chi connectivity index (χ0) is 16.1. The Morgan fingerprint density at radius 3 is 2.57 bits per heavy atom. The van der Waals surface area contributed by atoms with Gasteiger partial charge in [0, 0.05) is 45.2 Å². The number of aromatic nitrogens is 1. The number of nitrogens with zero attached hydrogens (tertiary/aromatic N) is 3. The number of aryl methyl sites for hydroxylation is 2. The van der Waals surface area contributed by atoms with Crippen LogP contribution in [0.15, 0.2) is 40.9 Å². The van der Waals surface area contributed by atoms with E-state index >= 15 is 0 Å². The van der Waals surface area contributed by atoms with Crippen molar-refractivity contribution < 1.29 is 9.32 Å². The average Bonchev–Trinajstić information content (AvgIpc) is 2.99. The minimum atomic E-state index is 0.255. The number of hydrogen-bond donors (Lipinski definition) is 0. The van der Waals surface area contributed by atoms with Crippen LogP contribution in [0.4, 0.5) is 0 Å². The summed E-state index contributed by atoms with van der Waals surface area (Å²) in [4.78, 5) is 16.6. The van der Waals surface area contributed by atoms with Crippen LogP contribution in [0.1, 0.15) is 23.4 Å². The van der Waals surface area contributed by atoms with E-state index in [9.17, 15) is 4.79 Å². The highest BCUT2D eigenvalue weighted by molar-refractivity contribution is 5.76. The van der Waals surface area contributed by atoms with Gasteiger partial charge in [-0.1, -0.05) is 35.5 Å². The monoisotopic (exact) mass is 313 g/mol. The van der Waals surface area contributed by atoms with E-state index in [1.165, 1.54) is 5.56 Å². The molecule has 5 heteroatoms. The molecule has 1 aliphatic rings. The third-order valence-electron chi connectivity index (χ3n) is 4.26. The average molecular weight is 313 g/mol. The Hall–Kier alpha value is -2.14. The summed E-state index contributed by atoms with van der Waals surface area (Å²) in [5, 5.41) is 4.03. The SMILES string of the molecule is Cc1cc(CN2CCN(C(=O)CCc3ccccc3)CC2)no1. The Bertz CT molecular complexity index is 631. The topological polar surface area (TPSA) is 49.6 Å². The van der Waals surface area contributed by atoms with Gasteiger partial charge < -0.3 is 9.42 Å². The smallest absolute Gasteiger partial charge is 0.222 e. The summed E-state index contributed by atoms with van der Waals surface area (Å²) >= 11 is 0. The van der Waals surface area contributed by atoms with Gasteiger partial charge in [-0.3, -0.25) is 9.69 Å². The predicted molar refractivity (Wildman–Crippen MR) is 87.9 cm³/mol. The van der Waals surface area contributed by atoms with Gasteiger partial charge in [-0.2, -0.15) is 0 Å². The highest BCUT2D eigenvalue weighted by Gasteiger charge is 2.21. The lowest BCUT2D eigenvalue weighted by Gasteiger charge is -2.34. The molecule has 0 unspecified atom stereocenters. The Morgan fingerprint density at radius 2 is 1.91 bits per heavy atom. The minimum absolute atomic E-state index is 0.255. The third-order valence-corrected chi connectivity index (χ3v) is 4.26. The van der Waals surface area contributed by atoms with Gasteiger partial charge in [0.1, 0.15) is 5.76 Å². The quantitative estimate of drug-likeness (QED) is 0.849. The number of piperazine rings is 1. The molecule has 2 heterocycles. The lowest BCUT2D eigenvalue weighted by atomic mass is 10.1. The second kappa shape index (κ2) is 7.42. The van der Waals surface area contributed by atoms with Gasteiger partial charge in [-0.05, 0) is 18.9 Å². The van der Waals surface area contributed by atoms with E-state index in [1.807, 2.05) is 36.1 Å². The lowest BCUT2D eigenvalue weighted by Crippen LogP contribution is -2.48. The minimum Gasteiger partial charge on any atom is -0.361 e. The molecule has 0 bridgehead atoms. The van der Waals surface area contributed by atoms with Crippen molar-refractivity contribution in [3.05, 3.63) is 53.4 Å². The molecular formula is C18H23N3O2. The highest BCUT2D eigenvalue weighted by atomic mass is 16.5. The predicted octanol–water partition coefficient (Wildman–Crippen LogP) is 2.26. The summed E-state index contributed by atoms with van der Waals surface area (Å²) in [5.41, 5.74) is 2.19. The first-order chi connectivity index (χ1) is 11.2. The number of hydrogen-bond acceptors (Lipinski definition) is 4. The number of amides is 1. The van der Waals surface area contributed by atoms with Crippen molar-refractivity contribution >= 4 is 5.91 Å². The summed E-state index contributed by atoms with van der Waals surface area (Å²) in [6.45, 7) is 6.07. The molecular weight excluding hydrogens is 290 g/mol. The van der Waals surface area contributed by atoms with Crippen LogP contribution in [-0.4, -0.2) is 47.0 Å². The fourth-order valence-electron chi connectivity index (χ4n) is 2.93. The van der Waals surface area contributed by atoms with Crippen LogP contribution < -0.4 is 0 Å². The molecule has 3 rings (SSSR count). The fourth-order valence-corrected chi connectivity index (χ4v) is 2.93. The molecule has 1 fully saturated rings. The number of benzene rings is 1. The van der Waals surface area contributed by atoms with E-state index in [2.05, 4.69) is 22.2 Å². The van der Waals surface area contributed by atoms with Crippen LogP contribution in [0.25, 0.3) is 0 Å². The summed E-state index contributed by atoms with van der Waals surface area (Å²) in [6.07, 6.45) is 1.41. The molecule has 0 radical (unpaired) electrons. The molecule has 1 amide bonds. The summed E-state index contributed by atoms with van der Waals surface area (Å²) in [5.74, 6) is 1.10. The summed E-state index contributed by atoms with van der Waals surface area (Å²) in [6, 6.07) is 12.2. The maximum atomic E-state index is 12.3. The van der Waals surface area contributed by atoms with Gasteiger partial charge in [0.2, 0.25) is 5.91 Å². The maximum Gasteiger partial charge on any atom is 0.222 e. The molecule has 0 aliphatic carbocycles. The molecule has 5 nitrogen and oxygen atoms in total. The molecule has 122 valence electrons. The van der Waals surface area contributed by atoms with Crippen LogP contribution in [0.2, 0.25) is 0 Å². The van der Waals surface area contributed by atoms with Gasteiger partial charge in [0.15, 0.2) is 0 Å². The van der Waals surface area contributed by atoms with Crippen molar-refractivity contribution in [3.8, 4) is 0 Å². The molecule has 0 spiro atoms. The van der Waals surface area contributed by atoms with Crippen molar-refractivity contribution in [2.24, 2.45) is 0 Å². The van der Waals surface area contributed by atoms with Crippen molar-refractivity contribution in [1.29, 1.82) is 0 Å². The second-order valence-corrected chi connectivity index (χ2v) is 6.07. The summed E-state index contributed by atoms with van der Waals surface area (Å²) < 4.78 is 5.10. The standard InChI is InChI=1S/C18H23N3O2/c1-15-13-17(19-23-15)14-20-9-11-21(12-10-20)18(22)8-7-16-5-3-2-4-6-16/h2-6,13H,7-12,14H2,1H3. The van der Waals surface area contributed by atoms with Crippen LogP contribution in [-0.2, 0) is 17.8 Å². The van der Waals surface area contributed by atoms with Gasteiger partial charge in [0.25, 0.3) is 0 Å². The Kier molecular flexibility index (Phi) is 5.08. The zero-order valence-corrected chi connectivity index (χ0v) is 13.6. The molecule has 1 aromatic heterocycles. The molecule has 0 saturated carbocycles. The Balaban J connectivity index is 1.42. The van der Waals surface area contributed by atoms with E-state index in [-0.39, 0.29) is 5.91 Å². The van der Waals surface area contributed by atoms with Crippen LogP contribution >= 0.6 is 0 Å². The third kappa shape index (κ3) is 4.42. The van der Waals surface area contributed by atoms with Gasteiger partial charge in [-0.25, -0.2) is 0 Å². The van der Waals surface area contributed by atoms with Gasteiger partial charge in [0.05, 0.1) is 5.69 Å². The van der Waals surface area contributed by atoms with Crippen molar-refractivity contribution in [2.45, 2.75) is 26.3 Å². The first-order valence-electron chi connectivity index (χ1n) is 8.17. The number of carbonyl (C=O) groups excluding carboxylic acids is 1.